The summed E-state index contributed by atoms with van der Waals surface area (Å²) in [6.45, 7) is 0. The second kappa shape index (κ2) is 4.36. The minimum Gasteiger partial charge on any atom is -0.476 e. The van der Waals surface area contributed by atoms with Crippen molar-refractivity contribution in [1.82, 2.24) is 14.6 Å². The summed E-state index contributed by atoms with van der Waals surface area (Å²) in [5.41, 5.74) is 0.303. The van der Waals surface area contributed by atoms with Crippen molar-refractivity contribution in [3.05, 3.63) is 64.6 Å². The normalized spacial score (nSPS) is 11.3. The van der Waals surface area contributed by atoms with E-state index < -0.39 is 5.97 Å². The van der Waals surface area contributed by atoms with E-state index in [4.69, 9.17) is 5.11 Å². The van der Waals surface area contributed by atoms with Gasteiger partial charge in [-0.05, 0) is 35.0 Å². The van der Waals surface area contributed by atoms with Gasteiger partial charge in [0.05, 0.1) is 10.9 Å². The highest BCUT2D eigenvalue weighted by Crippen LogP contribution is 2.19. The van der Waals surface area contributed by atoms with Gasteiger partial charge < -0.3 is 5.11 Å². The van der Waals surface area contributed by atoms with Gasteiger partial charge in [-0.3, -0.25) is 4.79 Å². The van der Waals surface area contributed by atoms with E-state index in [0.717, 1.165) is 15.3 Å². The monoisotopic (exact) mass is 291 g/mol. The molecule has 4 rings (SSSR count). The summed E-state index contributed by atoms with van der Waals surface area (Å²) in [6.07, 6.45) is 0. The van der Waals surface area contributed by atoms with Crippen LogP contribution in [0.1, 0.15) is 10.5 Å². The van der Waals surface area contributed by atoms with Gasteiger partial charge >= 0.3 is 5.97 Å². The SMILES string of the molecule is O=C(O)c1ccc2nc3cc4ccccc4cc3c(=O)n2n1. The molecular weight excluding hydrogens is 282 g/mol. The van der Waals surface area contributed by atoms with Crippen LogP contribution in [0.4, 0.5) is 0 Å². The maximum absolute atomic E-state index is 12.6. The zero-order valence-electron chi connectivity index (χ0n) is 11.2. The lowest BCUT2D eigenvalue weighted by Crippen LogP contribution is -2.20. The predicted octanol–water partition coefficient (Wildman–Crippen LogP) is 2.09. The molecule has 0 amide bonds. The van der Waals surface area contributed by atoms with E-state index >= 15 is 0 Å². The topological polar surface area (TPSA) is 84.6 Å². The fraction of sp³-hybridized carbons (Fsp3) is 0. The van der Waals surface area contributed by atoms with E-state index in [1.54, 1.807) is 6.07 Å². The van der Waals surface area contributed by atoms with Gasteiger partial charge in [-0.2, -0.15) is 9.61 Å². The van der Waals surface area contributed by atoms with Crippen LogP contribution in [0.3, 0.4) is 0 Å². The Morgan fingerprint density at radius 3 is 2.50 bits per heavy atom. The Morgan fingerprint density at radius 2 is 1.77 bits per heavy atom. The van der Waals surface area contributed by atoms with Crippen molar-refractivity contribution in [3.8, 4) is 0 Å². The molecule has 0 aliphatic rings. The molecule has 0 saturated carbocycles. The van der Waals surface area contributed by atoms with E-state index in [1.807, 2.05) is 30.3 Å². The molecule has 0 radical (unpaired) electrons. The Labute approximate surface area is 123 Å². The Hall–Kier alpha value is -3.28. The summed E-state index contributed by atoms with van der Waals surface area (Å²) >= 11 is 0. The summed E-state index contributed by atoms with van der Waals surface area (Å²) in [7, 11) is 0. The number of fused-ring (bicyclic) bond motifs is 3. The van der Waals surface area contributed by atoms with Gasteiger partial charge in [0.2, 0.25) is 0 Å². The van der Waals surface area contributed by atoms with Gasteiger partial charge in [-0.15, -0.1) is 0 Å². The lowest BCUT2D eigenvalue weighted by atomic mass is 10.1. The molecule has 0 aliphatic heterocycles. The fourth-order valence-corrected chi connectivity index (χ4v) is 2.49. The quantitative estimate of drug-likeness (QED) is 0.543. The highest BCUT2D eigenvalue weighted by atomic mass is 16.4. The predicted molar refractivity (Wildman–Crippen MR) is 81.2 cm³/mol. The van der Waals surface area contributed by atoms with Gasteiger partial charge in [0, 0.05) is 0 Å². The second-order valence-electron chi connectivity index (χ2n) is 4.93. The molecule has 0 fully saturated rings. The summed E-state index contributed by atoms with van der Waals surface area (Å²) in [5.74, 6) is -1.19. The molecule has 2 heterocycles. The Morgan fingerprint density at radius 1 is 1.05 bits per heavy atom. The van der Waals surface area contributed by atoms with Crippen LogP contribution in [0.25, 0.3) is 27.3 Å². The minimum atomic E-state index is -1.19. The number of carbonyl (C=O) groups is 1. The lowest BCUT2D eigenvalue weighted by molar-refractivity contribution is 0.0688. The van der Waals surface area contributed by atoms with Crippen molar-refractivity contribution in [2.45, 2.75) is 0 Å². The van der Waals surface area contributed by atoms with Crippen LogP contribution >= 0.6 is 0 Å². The number of nitrogens with zero attached hydrogens (tertiary/aromatic N) is 3. The third kappa shape index (κ3) is 1.74. The third-order valence-corrected chi connectivity index (χ3v) is 3.56. The van der Waals surface area contributed by atoms with Crippen molar-refractivity contribution >= 4 is 33.3 Å². The Bertz CT molecular complexity index is 1130. The number of benzene rings is 2. The van der Waals surface area contributed by atoms with Gasteiger partial charge in [-0.1, -0.05) is 24.3 Å². The van der Waals surface area contributed by atoms with E-state index in [-0.39, 0.29) is 11.3 Å². The summed E-state index contributed by atoms with van der Waals surface area (Å²) in [6, 6.07) is 14.1. The van der Waals surface area contributed by atoms with Crippen LogP contribution in [-0.4, -0.2) is 25.7 Å². The van der Waals surface area contributed by atoms with Crippen LogP contribution in [0.5, 0.6) is 0 Å². The van der Waals surface area contributed by atoms with Gasteiger partial charge in [0.25, 0.3) is 5.56 Å². The Kier molecular flexibility index (Phi) is 2.47. The first-order valence-corrected chi connectivity index (χ1v) is 6.59. The summed E-state index contributed by atoms with van der Waals surface area (Å²) in [4.78, 5) is 28.0. The number of carboxylic acids is 1. The Balaban J connectivity index is 2.17. The number of aromatic carboxylic acids is 1. The molecule has 0 atom stereocenters. The van der Waals surface area contributed by atoms with Crippen LogP contribution < -0.4 is 5.56 Å². The number of carboxylic acid groups (broad SMARTS) is 1. The molecule has 0 spiro atoms. The first-order chi connectivity index (χ1) is 10.6. The molecule has 106 valence electrons. The van der Waals surface area contributed by atoms with Crippen LogP contribution in [0.2, 0.25) is 0 Å². The molecule has 22 heavy (non-hydrogen) atoms. The highest BCUT2D eigenvalue weighted by Gasteiger charge is 2.11. The van der Waals surface area contributed by atoms with Crippen molar-refractivity contribution in [1.29, 1.82) is 0 Å². The first-order valence-electron chi connectivity index (χ1n) is 6.59. The highest BCUT2D eigenvalue weighted by molar-refractivity contribution is 5.96. The second-order valence-corrected chi connectivity index (χ2v) is 4.93. The number of aromatic nitrogens is 3. The number of hydrogen-bond donors (Lipinski definition) is 1. The van der Waals surface area contributed by atoms with E-state index in [2.05, 4.69) is 10.1 Å². The maximum atomic E-state index is 12.6. The lowest BCUT2D eigenvalue weighted by Gasteiger charge is -2.05. The molecule has 6 nitrogen and oxygen atoms in total. The molecule has 2 aromatic carbocycles. The van der Waals surface area contributed by atoms with Crippen LogP contribution in [0.15, 0.2) is 53.3 Å². The van der Waals surface area contributed by atoms with E-state index in [1.165, 1.54) is 12.1 Å². The first kappa shape index (κ1) is 12.5. The van der Waals surface area contributed by atoms with Crippen molar-refractivity contribution < 1.29 is 9.90 Å². The molecule has 4 aromatic rings. The zero-order valence-corrected chi connectivity index (χ0v) is 11.2. The molecule has 2 aromatic heterocycles. The molecule has 1 N–H and O–H groups in total. The maximum Gasteiger partial charge on any atom is 0.356 e. The smallest absolute Gasteiger partial charge is 0.356 e. The minimum absolute atomic E-state index is 0.198. The largest absolute Gasteiger partial charge is 0.476 e. The summed E-state index contributed by atoms with van der Waals surface area (Å²) < 4.78 is 1.03. The van der Waals surface area contributed by atoms with Crippen LogP contribution in [-0.2, 0) is 0 Å². The van der Waals surface area contributed by atoms with Crippen LogP contribution in [0, 0.1) is 0 Å². The molecule has 0 aliphatic carbocycles. The molecule has 0 bridgehead atoms. The average Bonchev–Trinajstić information content (AvgIpc) is 2.53. The van der Waals surface area contributed by atoms with Crippen molar-refractivity contribution in [2.24, 2.45) is 0 Å². The average molecular weight is 291 g/mol. The molecule has 0 saturated heterocycles. The third-order valence-electron chi connectivity index (χ3n) is 3.56. The van der Waals surface area contributed by atoms with E-state index in [9.17, 15) is 9.59 Å². The number of rotatable bonds is 1. The van der Waals surface area contributed by atoms with Crippen molar-refractivity contribution in [3.63, 3.8) is 0 Å². The van der Waals surface area contributed by atoms with Gasteiger partial charge in [0.15, 0.2) is 11.3 Å². The van der Waals surface area contributed by atoms with Gasteiger partial charge in [-0.25, -0.2) is 9.78 Å². The molecule has 6 heteroatoms. The molecule has 0 unspecified atom stereocenters. The molecular formula is C16H9N3O3. The van der Waals surface area contributed by atoms with Gasteiger partial charge in [0.1, 0.15) is 0 Å². The summed E-state index contributed by atoms with van der Waals surface area (Å²) in [5, 5.41) is 15.2. The standard InChI is InChI=1S/C16H9N3O3/c20-15-11-7-9-3-1-2-4-10(9)8-13(11)17-14-6-5-12(16(21)22)18-19(14)15/h1-8H,(H,21,22). The fourth-order valence-electron chi connectivity index (χ4n) is 2.49. The number of hydrogen-bond acceptors (Lipinski definition) is 4. The van der Waals surface area contributed by atoms with Crippen molar-refractivity contribution in [2.75, 3.05) is 0 Å². The zero-order chi connectivity index (χ0) is 15.3. The van der Waals surface area contributed by atoms with E-state index in [0.29, 0.717) is 16.6 Å².